The molecule has 0 saturated carbocycles. The monoisotopic (exact) mass is 307 g/mol. The maximum atomic E-state index is 12.5. The van der Waals surface area contributed by atoms with Crippen molar-refractivity contribution in [2.45, 2.75) is 31.2 Å². The molecular formula is C16H21NO5. The highest BCUT2D eigenvalue weighted by molar-refractivity contribution is 5.84. The average Bonchev–Trinajstić information content (AvgIpc) is 2.93. The van der Waals surface area contributed by atoms with Crippen LogP contribution in [-0.2, 0) is 14.3 Å². The molecule has 0 aromatic heterocycles. The van der Waals surface area contributed by atoms with Gasteiger partial charge in [-0.2, -0.15) is 0 Å². The van der Waals surface area contributed by atoms with Crippen molar-refractivity contribution in [1.29, 1.82) is 0 Å². The number of carbonyl (C=O) groups is 2. The molecule has 0 bridgehead atoms. The fourth-order valence-electron chi connectivity index (χ4n) is 2.61. The third-order valence-corrected chi connectivity index (χ3v) is 3.97. The summed E-state index contributed by atoms with van der Waals surface area (Å²) >= 11 is 0. The Hall–Kier alpha value is -2.08. The summed E-state index contributed by atoms with van der Waals surface area (Å²) in [7, 11) is 1.57. The Morgan fingerprint density at radius 2 is 2.27 bits per heavy atom. The van der Waals surface area contributed by atoms with Gasteiger partial charge in [-0.1, -0.05) is 12.1 Å². The first kappa shape index (κ1) is 16.3. The van der Waals surface area contributed by atoms with Crippen LogP contribution in [0.4, 0.5) is 0 Å². The van der Waals surface area contributed by atoms with Crippen LogP contribution in [0, 0.1) is 0 Å². The molecule has 1 amide bonds. The van der Waals surface area contributed by atoms with E-state index in [1.807, 2.05) is 18.2 Å². The van der Waals surface area contributed by atoms with Crippen LogP contribution in [0.25, 0.3) is 0 Å². The minimum Gasteiger partial charge on any atom is -0.497 e. The zero-order valence-corrected chi connectivity index (χ0v) is 12.8. The van der Waals surface area contributed by atoms with Crippen LogP contribution in [0.5, 0.6) is 5.75 Å². The number of benzene rings is 1. The van der Waals surface area contributed by atoms with Crippen molar-refractivity contribution < 1.29 is 24.2 Å². The second-order valence-electron chi connectivity index (χ2n) is 5.64. The smallest absolute Gasteiger partial charge is 0.305 e. The average molecular weight is 307 g/mol. The SMILES string of the molecule is COc1cccc(C(C)C(=O)NC2(CC(=O)O)CCOC2)c1. The molecule has 6 nitrogen and oxygen atoms in total. The normalized spacial score (nSPS) is 22.1. The highest BCUT2D eigenvalue weighted by Gasteiger charge is 2.39. The number of ether oxygens (including phenoxy) is 2. The zero-order valence-electron chi connectivity index (χ0n) is 12.8. The van der Waals surface area contributed by atoms with Crippen LogP contribution >= 0.6 is 0 Å². The number of methoxy groups -OCH3 is 1. The van der Waals surface area contributed by atoms with E-state index < -0.39 is 17.4 Å². The quantitative estimate of drug-likeness (QED) is 0.833. The Kier molecular flexibility index (Phi) is 5.03. The maximum absolute atomic E-state index is 12.5. The van der Waals surface area contributed by atoms with Gasteiger partial charge >= 0.3 is 5.97 Å². The van der Waals surface area contributed by atoms with Crippen LogP contribution in [0.1, 0.15) is 31.2 Å². The van der Waals surface area contributed by atoms with E-state index in [0.29, 0.717) is 18.8 Å². The summed E-state index contributed by atoms with van der Waals surface area (Å²) in [6.07, 6.45) is 0.374. The molecule has 1 aliphatic heterocycles. The van der Waals surface area contributed by atoms with E-state index in [9.17, 15) is 9.59 Å². The standard InChI is InChI=1S/C16H21NO5/c1-11(12-4-3-5-13(8-12)21-2)15(20)17-16(9-14(18)19)6-7-22-10-16/h3-5,8,11H,6-7,9-10H2,1-2H3,(H,17,20)(H,18,19). The van der Waals surface area contributed by atoms with E-state index in [1.54, 1.807) is 20.1 Å². The Labute approximate surface area is 129 Å². The van der Waals surface area contributed by atoms with E-state index in [0.717, 1.165) is 5.56 Å². The summed E-state index contributed by atoms with van der Waals surface area (Å²) < 4.78 is 10.4. The number of carboxylic acid groups (broad SMARTS) is 1. The number of hydrogen-bond acceptors (Lipinski definition) is 4. The minimum absolute atomic E-state index is 0.135. The van der Waals surface area contributed by atoms with Crippen LogP contribution in [0.3, 0.4) is 0 Å². The molecule has 22 heavy (non-hydrogen) atoms. The van der Waals surface area contributed by atoms with Crippen molar-refractivity contribution in [3.8, 4) is 5.75 Å². The van der Waals surface area contributed by atoms with Gasteiger partial charge in [0.2, 0.25) is 5.91 Å². The number of carboxylic acids is 1. The van der Waals surface area contributed by atoms with Crippen molar-refractivity contribution in [3.63, 3.8) is 0 Å². The molecule has 2 rings (SSSR count). The minimum atomic E-state index is -0.945. The summed E-state index contributed by atoms with van der Waals surface area (Å²) in [6.45, 7) is 2.48. The Morgan fingerprint density at radius 1 is 1.50 bits per heavy atom. The first-order chi connectivity index (χ1) is 10.5. The molecule has 0 spiro atoms. The molecule has 1 saturated heterocycles. The van der Waals surface area contributed by atoms with Gasteiger partial charge in [0.1, 0.15) is 5.75 Å². The van der Waals surface area contributed by atoms with Gasteiger partial charge in [-0.05, 0) is 31.0 Å². The molecule has 1 heterocycles. The number of amides is 1. The fourth-order valence-corrected chi connectivity index (χ4v) is 2.61. The molecule has 6 heteroatoms. The molecule has 1 aromatic rings. The predicted molar refractivity (Wildman–Crippen MR) is 80.0 cm³/mol. The van der Waals surface area contributed by atoms with E-state index in [4.69, 9.17) is 14.6 Å². The van der Waals surface area contributed by atoms with Gasteiger partial charge in [-0.25, -0.2) is 0 Å². The topological polar surface area (TPSA) is 84.9 Å². The van der Waals surface area contributed by atoms with Crippen LogP contribution < -0.4 is 10.1 Å². The molecule has 1 aliphatic rings. The van der Waals surface area contributed by atoms with Crippen molar-refractivity contribution >= 4 is 11.9 Å². The molecule has 1 aromatic carbocycles. The van der Waals surface area contributed by atoms with Crippen molar-refractivity contribution in [3.05, 3.63) is 29.8 Å². The zero-order chi connectivity index (χ0) is 16.2. The maximum Gasteiger partial charge on any atom is 0.305 e. The summed E-state index contributed by atoms with van der Waals surface area (Å²) in [6, 6.07) is 7.29. The second-order valence-corrected chi connectivity index (χ2v) is 5.64. The van der Waals surface area contributed by atoms with Gasteiger partial charge in [0.05, 0.1) is 31.6 Å². The number of rotatable bonds is 6. The van der Waals surface area contributed by atoms with Crippen molar-refractivity contribution in [1.82, 2.24) is 5.32 Å². The van der Waals surface area contributed by atoms with E-state index in [-0.39, 0.29) is 18.9 Å². The summed E-state index contributed by atoms with van der Waals surface area (Å²) in [4.78, 5) is 23.5. The predicted octanol–water partition coefficient (Wildman–Crippen LogP) is 1.55. The number of carbonyl (C=O) groups excluding carboxylic acids is 1. The first-order valence-corrected chi connectivity index (χ1v) is 7.21. The van der Waals surface area contributed by atoms with Crippen LogP contribution in [0.2, 0.25) is 0 Å². The molecule has 2 N–H and O–H groups in total. The van der Waals surface area contributed by atoms with Gasteiger partial charge in [0.15, 0.2) is 0 Å². The number of aliphatic carboxylic acids is 1. The lowest BCUT2D eigenvalue weighted by atomic mass is 9.92. The lowest BCUT2D eigenvalue weighted by Crippen LogP contribution is -2.51. The lowest BCUT2D eigenvalue weighted by Gasteiger charge is -2.28. The third-order valence-electron chi connectivity index (χ3n) is 3.97. The van der Waals surface area contributed by atoms with E-state index in [2.05, 4.69) is 5.32 Å². The van der Waals surface area contributed by atoms with Gasteiger partial charge in [0, 0.05) is 6.61 Å². The number of hydrogen-bond donors (Lipinski definition) is 2. The van der Waals surface area contributed by atoms with Crippen molar-refractivity contribution in [2.75, 3.05) is 20.3 Å². The third kappa shape index (κ3) is 3.76. The number of nitrogens with one attached hydrogen (secondary N) is 1. The largest absolute Gasteiger partial charge is 0.497 e. The van der Waals surface area contributed by atoms with Gasteiger partial charge in [0.25, 0.3) is 0 Å². The fraction of sp³-hybridized carbons (Fsp3) is 0.500. The van der Waals surface area contributed by atoms with E-state index >= 15 is 0 Å². The molecule has 120 valence electrons. The molecule has 2 unspecified atom stereocenters. The molecule has 1 fully saturated rings. The highest BCUT2D eigenvalue weighted by atomic mass is 16.5. The molecule has 0 radical (unpaired) electrons. The van der Waals surface area contributed by atoms with Gasteiger partial charge in [-0.3, -0.25) is 9.59 Å². The lowest BCUT2D eigenvalue weighted by molar-refractivity contribution is -0.139. The second kappa shape index (κ2) is 6.79. The van der Waals surface area contributed by atoms with Crippen LogP contribution in [-0.4, -0.2) is 42.8 Å². The molecule has 0 aliphatic carbocycles. The molecular weight excluding hydrogens is 286 g/mol. The van der Waals surface area contributed by atoms with Crippen molar-refractivity contribution in [2.24, 2.45) is 0 Å². The first-order valence-electron chi connectivity index (χ1n) is 7.21. The van der Waals surface area contributed by atoms with Gasteiger partial charge in [-0.15, -0.1) is 0 Å². The van der Waals surface area contributed by atoms with Crippen LogP contribution in [0.15, 0.2) is 24.3 Å². The Balaban J connectivity index is 2.10. The van der Waals surface area contributed by atoms with Gasteiger partial charge < -0.3 is 19.9 Å². The summed E-state index contributed by atoms with van der Waals surface area (Å²) in [5.74, 6) is -0.872. The molecule has 2 atom stereocenters. The summed E-state index contributed by atoms with van der Waals surface area (Å²) in [5.41, 5.74) is 0.0111. The Bertz CT molecular complexity index is 551. The summed E-state index contributed by atoms with van der Waals surface area (Å²) in [5, 5.41) is 11.9. The highest BCUT2D eigenvalue weighted by Crippen LogP contribution is 2.26. The van der Waals surface area contributed by atoms with E-state index in [1.165, 1.54) is 0 Å². The Morgan fingerprint density at radius 3 is 2.86 bits per heavy atom.